The number of likely N-dealkylation sites (tertiary alicyclic amines) is 1. The van der Waals surface area contributed by atoms with Gasteiger partial charge in [0.2, 0.25) is 5.91 Å². The summed E-state index contributed by atoms with van der Waals surface area (Å²) in [4.78, 5) is 40.5. The van der Waals surface area contributed by atoms with Crippen molar-refractivity contribution in [2.24, 2.45) is 0 Å². The van der Waals surface area contributed by atoms with E-state index in [1.165, 1.54) is 0 Å². The normalized spacial score (nSPS) is 18.2. The van der Waals surface area contributed by atoms with Gasteiger partial charge in [-0.25, -0.2) is 9.97 Å². The molecule has 1 saturated heterocycles. The lowest BCUT2D eigenvalue weighted by atomic mass is 9.99. The molecule has 32 heavy (non-hydrogen) atoms. The highest BCUT2D eigenvalue weighted by Gasteiger charge is 2.33. The first-order chi connectivity index (χ1) is 15.4. The van der Waals surface area contributed by atoms with E-state index in [2.05, 4.69) is 0 Å². The molecular formula is C24H31N5O3. The summed E-state index contributed by atoms with van der Waals surface area (Å²) in [6, 6.07) is 9.23. The lowest BCUT2D eigenvalue weighted by molar-refractivity contribution is -0.137. The highest BCUT2D eigenvalue weighted by atomic mass is 16.5. The van der Waals surface area contributed by atoms with Crippen LogP contribution >= 0.6 is 0 Å². The molecule has 0 aliphatic carbocycles. The molecule has 1 aromatic heterocycles. The molecule has 8 heteroatoms. The van der Waals surface area contributed by atoms with Crippen molar-refractivity contribution >= 4 is 17.6 Å². The van der Waals surface area contributed by atoms with E-state index in [1.807, 2.05) is 59.1 Å². The Morgan fingerprint density at radius 1 is 1.12 bits per heavy atom. The summed E-state index contributed by atoms with van der Waals surface area (Å²) in [7, 11) is 3.91. The Labute approximate surface area is 189 Å². The molecule has 2 aliphatic rings. The second kappa shape index (κ2) is 9.54. The highest BCUT2D eigenvalue weighted by molar-refractivity contribution is 5.78. The molecule has 8 nitrogen and oxygen atoms in total. The molecular weight excluding hydrogens is 406 g/mol. The van der Waals surface area contributed by atoms with Gasteiger partial charge >= 0.3 is 0 Å². The minimum atomic E-state index is -0.162. The number of benzene rings is 1. The van der Waals surface area contributed by atoms with Crippen LogP contribution in [0.2, 0.25) is 0 Å². The molecule has 0 saturated carbocycles. The van der Waals surface area contributed by atoms with E-state index in [9.17, 15) is 9.59 Å². The first-order valence-electron chi connectivity index (χ1n) is 11.2. The number of carbonyl (C=O) groups excluding carboxylic acids is 2. The molecule has 0 unspecified atom stereocenters. The molecule has 0 bridgehead atoms. The SMILES string of the molecule is CC(=O)N1CCc2nc([C@@H]3CCCCN3C(=O)COc3ccccc3)nc(N(C)C)c2C1. The molecule has 0 radical (unpaired) electrons. The van der Waals surface area contributed by atoms with Gasteiger partial charge in [-0.05, 0) is 31.4 Å². The highest BCUT2D eigenvalue weighted by Crippen LogP contribution is 2.33. The lowest BCUT2D eigenvalue weighted by Crippen LogP contribution is -2.42. The van der Waals surface area contributed by atoms with Gasteiger partial charge in [-0.3, -0.25) is 9.59 Å². The predicted octanol–water partition coefficient (Wildman–Crippen LogP) is 2.58. The molecule has 2 aliphatic heterocycles. The Balaban J connectivity index is 1.58. The molecule has 1 aromatic carbocycles. The van der Waals surface area contributed by atoms with Crippen molar-refractivity contribution in [2.75, 3.05) is 38.7 Å². The molecule has 4 rings (SSSR count). The van der Waals surface area contributed by atoms with Crippen molar-refractivity contribution in [3.05, 3.63) is 47.4 Å². The van der Waals surface area contributed by atoms with Crippen molar-refractivity contribution in [1.82, 2.24) is 19.8 Å². The number of amides is 2. The zero-order valence-electron chi connectivity index (χ0n) is 19.1. The Morgan fingerprint density at radius 3 is 2.62 bits per heavy atom. The summed E-state index contributed by atoms with van der Waals surface area (Å²) in [5, 5.41) is 0. The van der Waals surface area contributed by atoms with Crippen LogP contribution in [0.15, 0.2) is 30.3 Å². The van der Waals surface area contributed by atoms with E-state index < -0.39 is 0 Å². The van der Waals surface area contributed by atoms with Crippen LogP contribution in [-0.4, -0.2) is 65.4 Å². The number of piperidine rings is 1. The van der Waals surface area contributed by atoms with Crippen LogP contribution in [0.25, 0.3) is 0 Å². The van der Waals surface area contributed by atoms with Gasteiger partial charge in [0.1, 0.15) is 11.6 Å². The van der Waals surface area contributed by atoms with Gasteiger partial charge in [0.05, 0.1) is 18.3 Å². The van der Waals surface area contributed by atoms with E-state index in [0.717, 1.165) is 36.3 Å². The number of carbonyl (C=O) groups is 2. The van der Waals surface area contributed by atoms with Gasteiger partial charge in [-0.15, -0.1) is 0 Å². The van der Waals surface area contributed by atoms with Crippen LogP contribution in [0.5, 0.6) is 5.75 Å². The monoisotopic (exact) mass is 437 g/mol. The Morgan fingerprint density at radius 2 is 1.91 bits per heavy atom. The molecule has 1 atom stereocenters. The van der Waals surface area contributed by atoms with Gasteiger partial charge in [-0.1, -0.05) is 18.2 Å². The molecule has 2 amide bonds. The van der Waals surface area contributed by atoms with E-state index in [0.29, 0.717) is 37.6 Å². The maximum absolute atomic E-state index is 13.1. The van der Waals surface area contributed by atoms with Gasteiger partial charge < -0.3 is 19.4 Å². The fraction of sp³-hybridized carbons (Fsp3) is 0.500. The summed E-state index contributed by atoms with van der Waals surface area (Å²) in [6.07, 6.45) is 3.53. The fourth-order valence-corrected chi connectivity index (χ4v) is 4.45. The Bertz CT molecular complexity index is 979. The van der Waals surface area contributed by atoms with E-state index in [-0.39, 0.29) is 24.5 Å². The number of hydrogen-bond acceptors (Lipinski definition) is 6. The first-order valence-corrected chi connectivity index (χ1v) is 11.2. The smallest absolute Gasteiger partial charge is 0.261 e. The number of nitrogens with zero attached hydrogens (tertiary/aromatic N) is 5. The Kier molecular flexibility index (Phi) is 6.58. The van der Waals surface area contributed by atoms with Crippen LogP contribution < -0.4 is 9.64 Å². The largest absolute Gasteiger partial charge is 0.484 e. The first kappa shape index (κ1) is 22.0. The summed E-state index contributed by atoms with van der Waals surface area (Å²) >= 11 is 0. The number of anilines is 1. The van der Waals surface area contributed by atoms with Gasteiger partial charge in [0, 0.05) is 46.1 Å². The second-order valence-electron chi connectivity index (χ2n) is 8.62. The minimum Gasteiger partial charge on any atom is -0.484 e. The average molecular weight is 438 g/mol. The number of para-hydroxylation sites is 1. The zero-order valence-corrected chi connectivity index (χ0v) is 19.1. The summed E-state index contributed by atoms with van der Waals surface area (Å²) < 4.78 is 5.71. The molecule has 1 fully saturated rings. The molecule has 0 spiro atoms. The van der Waals surface area contributed by atoms with Gasteiger partial charge in [0.25, 0.3) is 5.91 Å². The van der Waals surface area contributed by atoms with Crippen molar-refractivity contribution < 1.29 is 14.3 Å². The number of ether oxygens (including phenoxy) is 1. The second-order valence-corrected chi connectivity index (χ2v) is 8.62. The summed E-state index contributed by atoms with van der Waals surface area (Å²) in [6.45, 7) is 3.45. The summed E-state index contributed by atoms with van der Waals surface area (Å²) in [5.74, 6) is 2.22. The lowest BCUT2D eigenvalue weighted by Gasteiger charge is -2.36. The Hall–Kier alpha value is -3.16. The van der Waals surface area contributed by atoms with E-state index in [4.69, 9.17) is 14.7 Å². The van der Waals surface area contributed by atoms with Crippen molar-refractivity contribution in [3.63, 3.8) is 0 Å². The summed E-state index contributed by atoms with van der Waals surface area (Å²) in [5.41, 5.74) is 1.98. The molecule has 170 valence electrons. The van der Waals surface area contributed by atoms with Crippen molar-refractivity contribution in [2.45, 2.75) is 45.2 Å². The zero-order chi connectivity index (χ0) is 22.7. The number of aromatic nitrogens is 2. The fourth-order valence-electron chi connectivity index (χ4n) is 4.45. The number of rotatable bonds is 5. The van der Waals surface area contributed by atoms with E-state index >= 15 is 0 Å². The van der Waals surface area contributed by atoms with Crippen LogP contribution in [-0.2, 0) is 22.6 Å². The van der Waals surface area contributed by atoms with Crippen molar-refractivity contribution in [1.29, 1.82) is 0 Å². The minimum absolute atomic E-state index is 0.000433. The molecule has 3 heterocycles. The third-order valence-electron chi connectivity index (χ3n) is 6.15. The van der Waals surface area contributed by atoms with Crippen LogP contribution in [0.1, 0.15) is 49.3 Å². The average Bonchev–Trinajstić information content (AvgIpc) is 2.82. The van der Waals surface area contributed by atoms with Gasteiger partial charge in [0.15, 0.2) is 12.4 Å². The van der Waals surface area contributed by atoms with Crippen molar-refractivity contribution in [3.8, 4) is 5.75 Å². The standard InChI is InChI=1S/C24H31N5O3/c1-17(30)28-14-12-20-19(15-28)24(27(2)3)26-23(25-20)21-11-7-8-13-29(21)22(31)16-32-18-9-5-4-6-10-18/h4-6,9-10,21H,7-8,11-16H2,1-3H3/t21-/m0/s1. The predicted molar refractivity (Wildman–Crippen MR) is 121 cm³/mol. The van der Waals surface area contributed by atoms with Crippen LogP contribution in [0.4, 0.5) is 5.82 Å². The topological polar surface area (TPSA) is 78.9 Å². The third kappa shape index (κ3) is 4.69. The maximum Gasteiger partial charge on any atom is 0.261 e. The molecule has 0 N–H and O–H groups in total. The van der Waals surface area contributed by atoms with Crippen LogP contribution in [0, 0.1) is 0 Å². The van der Waals surface area contributed by atoms with Gasteiger partial charge in [-0.2, -0.15) is 0 Å². The molecule has 2 aromatic rings. The van der Waals surface area contributed by atoms with Crippen LogP contribution in [0.3, 0.4) is 0 Å². The van der Waals surface area contributed by atoms with E-state index in [1.54, 1.807) is 6.92 Å². The maximum atomic E-state index is 13.1. The third-order valence-corrected chi connectivity index (χ3v) is 6.15. The number of fused-ring (bicyclic) bond motifs is 1. The number of hydrogen-bond donors (Lipinski definition) is 0. The quantitative estimate of drug-likeness (QED) is 0.715.